The summed E-state index contributed by atoms with van der Waals surface area (Å²) in [6.07, 6.45) is 0. The van der Waals surface area contributed by atoms with E-state index in [4.69, 9.17) is 5.11 Å². The second-order valence-corrected chi connectivity index (χ2v) is 6.67. The van der Waals surface area contributed by atoms with Gasteiger partial charge >= 0.3 is 11.7 Å². The smallest absolute Gasteiger partial charge is 0.339 e. The average molecular weight is 362 g/mol. The number of aromatic nitrogens is 2. The van der Waals surface area contributed by atoms with E-state index in [1.807, 2.05) is 0 Å². The van der Waals surface area contributed by atoms with E-state index in [9.17, 15) is 24.8 Å². The van der Waals surface area contributed by atoms with E-state index in [2.05, 4.69) is 10.4 Å². The molecule has 2 rings (SSSR count). The lowest BCUT2D eigenvalue weighted by Gasteiger charge is -2.13. The number of nitrogens with zero attached hydrogens (tertiary/aromatic N) is 3. The number of anilines is 1. The van der Waals surface area contributed by atoms with Crippen LogP contribution >= 0.6 is 0 Å². The predicted octanol–water partition coefficient (Wildman–Crippen LogP) is 2.28. The summed E-state index contributed by atoms with van der Waals surface area (Å²) in [5, 5.41) is 36.6. The Morgan fingerprint density at radius 2 is 1.92 bits per heavy atom. The number of hydrogen-bond acceptors (Lipinski definition) is 6. The van der Waals surface area contributed by atoms with Crippen LogP contribution in [0.5, 0.6) is 5.75 Å². The highest BCUT2D eigenvalue weighted by Crippen LogP contribution is 2.33. The molecule has 0 spiro atoms. The van der Waals surface area contributed by atoms with Crippen molar-refractivity contribution < 1.29 is 24.7 Å². The van der Waals surface area contributed by atoms with Gasteiger partial charge in [-0.2, -0.15) is 5.10 Å². The molecule has 3 N–H and O–H groups in total. The molecule has 10 nitrogen and oxygen atoms in total. The minimum Gasteiger partial charge on any atom is -0.507 e. The summed E-state index contributed by atoms with van der Waals surface area (Å²) >= 11 is 0. The van der Waals surface area contributed by atoms with Crippen molar-refractivity contribution >= 4 is 23.3 Å². The third-order valence-electron chi connectivity index (χ3n) is 3.62. The van der Waals surface area contributed by atoms with Gasteiger partial charge in [0.15, 0.2) is 0 Å². The largest absolute Gasteiger partial charge is 0.507 e. The van der Waals surface area contributed by atoms with Crippen LogP contribution in [0.1, 0.15) is 47.3 Å². The van der Waals surface area contributed by atoms with E-state index in [0.717, 1.165) is 16.8 Å². The van der Waals surface area contributed by atoms with Crippen molar-refractivity contribution in [1.29, 1.82) is 0 Å². The van der Waals surface area contributed by atoms with Crippen LogP contribution in [0.2, 0.25) is 0 Å². The van der Waals surface area contributed by atoms with E-state index in [0.29, 0.717) is 0 Å². The van der Waals surface area contributed by atoms with Gasteiger partial charge in [0.05, 0.1) is 4.92 Å². The average Bonchev–Trinajstić information content (AvgIpc) is 2.86. The molecule has 0 fully saturated rings. The number of carboxylic acid groups (broad SMARTS) is 1. The molecule has 0 atom stereocenters. The molecule has 0 radical (unpaired) electrons. The summed E-state index contributed by atoms with van der Waals surface area (Å²) in [5.74, 6) is -2.65. The Bertz CT molecular complexity index is 910. The molecule has 0 saturated heterocycles. The first-order valence-corrected chi connectivity index (χ1v) is 7.53. The van der Waals surface area contributed by atoms with Gasteiger partial charge in [-0.3, -0.25) is 19.6 Å². The predicted molar refractivity (Wildman–Crippen MR) is 91.6 cm³/mol. The zero-order chi connectivity index (χ0) is 19.8. The van der Waals surface area contributed by atoms with Crippen LogP contribution in [0.25, 0.3) is 0 Å². The molecular weight excluding hydrogens is 344 g/mol. The minimum absolute atomic E-state index is 0.0676. The summed E-state index contributed by atoms with van der Waals surface area (Å²) in [5.41, 5.74) is -1.50. The number of aryl methyl sites for hydroxylation is 1. The number of amides is 1. The van der Waals surface area contributed by atoms with E-state index in [-0.39, 0.29) is 17.1 Å². The number of phenols is 1. The lowest BCUT2D eigenvalue weighted by atomic mass is 9.91. The maximum absolute atomic E-state index is 12.6. The molecule has 0 aliphatic heterocycles. The number of rotatable bonds is 4. The van der Waals surface area contributed by atoms with Crippen molar-refractivity contribution in [2.75, 3.05) is 5.32 Å². The number of carbonyl (C=O) groups is 2. The Balaban J connectivity index is 2.48. The zero-order valence-corrected chi connectivity index (χ0v) is 14.6. The van der Waals surface area contributed by atoms with Gasteiger partial charge in [0.2, 0.25) is 5.69 Å². The van der Waals surface area contributed by atoms with Crippen LogP contribution in [0, 0.1) is 10.1 Å². The normalized spacial score (nSPS) is 11.2. The molecule has 10 heteroatoms. The Kier molecular flexibility index (Phi) is 4.70. The number of aromatic hydroxyl groups is 1. The number of carbonyl (C=O) groups excluding carboxylic acids is 1. The summed E-state index contributed by atoms with van der Waals surface area (Å²) in [6.45, 7) is 5.22. The molecule has 1 aromatic carbocycles. The van der Waals surface area contributed by atoms with Gasteiger partial charge in [0.25, 0.3) is 5.91 Å². The van der Waals surface area contributed by atoms with Crippen molar-refractivity contribution in [3.63, 3.8) is 0 Å². The second kappa shape index (κ2) is 6.47. The molecule has 0 aliphatic carbocycles. The standard InChI is InChI=1S/C16H18N4O6/c1-16(2,3)13-11(20(25)26)12(19(4)18-13)14(22)17-8-5-6-10(21)9(7-8)15(23)24/h5-7,21H,1-4H3,(H,17,22)(H,23,24). The van der Waals surface area contributed by atoms with Crippen molar-refractivity contribution in [3.8, 4) is 5.75 Å². The molecule has 138 valence electrons. The molecule has 0 unspecified atom stereocenters. The van der Waals surface area contributed by atoms with Crippen LogP contribution in [0.3, 0.4) is 0 Å². The topological polar surface area (TPSA) is 148 Å². The molecule has 2 aromatic rings. The molecular formula is C16H18N4O6. The van der Waals surface area contributed by atoms with E-state index in [1.165, 1.54) is 13.1 Å². The van der Waals surface area contributed by atoms with Gasteiger partial charge < -0.3 is 15.5 Å². The lowest BCUT2D eigenvalue weighted by molar-refractivity contribution is -0.386. The SMILES string of the molecule is Cn1nc(C(C)(C)C)c([N+](=O)[O-])c1C(=O)Nc1ccc(O)c(C(=O)O)c1. The number of aromatic carboxylic acids is 1. The van der Waals surface area contributed by atoms with Crippen molar-refractivity contribution in [2.24, 2.45) is 7.05 Å². The first-order chi connectivity index (χ1) is 11.9. The molecule has 1 heterocycles. The fraction of sp³-hybridized carbons (Fsp3) is 0.312. The fourth-order valence-electron chi connectivity index (χ4n) is 2.42. The molecule has 0 bridgehead atoms. The molecule has 26 heavy (non-hydrogen) atoms. The number of nitro groups is 1. The number of nitrogens with one attached hydrogen (secondary N) is 1. The van der Waals surface area contributed by atoms with Gasteiger partial charge in [-0.05, 0) is 18.2 Å². The molecule has 1 aromatic heterocycles. The van der Waals surface area contributed by atoms with E-state index >= 15 is 0 Å². The first kappa shape index (κ1) is 18.9. The van der Waals surface area contributed by atoms with Crippen LogP contribution in [0.15, 0.2) is 18.2 Å². The first-order valence-electron chi connectivity index (χ1n) is 7.53. The number of benzene rings is 1. The van der Waals surface area contributed by atoms with Crippen molar-refractivity contribution in [1.82, 2.24) is 9.78 Å². The Morgan fingerprint density at radius 1 is 1.31 bits per heavy atom. The summed E-state index contributed by atoms with van der Waals surface area (Å²) in [4.78, 5) is 34.5. The monoisotopic (exact) mass is 362 g/mol. The Hall–Kier alpha value is -3.43. The van der Waals surface area contributed by atoms with Crippen LogP contribution in [0.4, 0.5) is 11.4 Å². The van der Waals surface area contributed by atoms with Crippen LogP contribution in [-0.2, 0) is 12.5 Å². The number of hydrogen-bond donors (Lipinski definition) is 3. The third-order valence-corrected chi connectivity index (χ3v) is 3.62. The maximum atomic E-state index is 12.6. The summed E-state index contributed by atoms with van der Waals surface area (Å²) < 4.78 is 1.12. The fourth-order valence-corrected chi connectivity index (χ4v) is 2.42. The van der Waals surface area contributed by atoms with E-state index < -0.39 is 39.2 Å². The molecule has 0 saturated carbocycles. The molecule has 1 amide bonds. The van der Waals surface area contributed by atoms with Crippen LogP contribution in [-0.4, -0.2) is 36.8 Å². The van der Waals surface area contributed by atoms with Gasteiger partial charge in [0, 0.05) is 18.2 Å². The Labute approximate surface area is 148 Å². The highest BCUT2D eigenvalue weighted by Gasteiger charge is 2.36. The minimum atomic E-state index is -1.37. The Morgan fingerprint density at radius 3 is 2.42 bits per heavy atom. The number of carboxylic acids is 1. The van der Waals surface area contributed by atoms with Crippen molar-refractivity contribution in [2.45, 2.75) is 26.2 Å². The third kappa shape index (κ3) is 3.48. The van der Waals surface area contributed by atoms with Gasteiger partial charge in [-0.1, -0.05) is 20.8 Å². The highest BCUT2D eigenvalue weighted by molar-refractivity contribution is 6.06. The second-order valence-electron chi connectivity index (χ2n) is 6.67. The summed E-state index contributed by atoms with van der Waals surface area (Å²) in [6, 6.07) is 3.45. The highest BCUT2D eigenvalue weighted by atomic mass is 16.6. The van der Waals surface area contributed by atoms with Crippen LogP contribution < -0.4 is 5.32 Å². The van der Waals surface area contributed by atoms with Crippen molar-refractivity contribution in [3.05, 3.63) is 45.3 Å². The quantitative estimate of drug-likeness (QED) is 0.429. The lowest BCUT2D eigenvalue weighted by Crippen LogP contribution is -2.18. The van der Waals surface area contributed by atoms with Gasteiger partial charge in [-0.25, -0.2) is 4.79 Å². The summed E-state index contributed by atoms with van der Waals surface area (Å²) in [7, 11) is 1.41. The van der Waals surface area contributed by atoms with E-state index in [1.54, 1.807) is 20.8 Å². The zero-order valence-electron chi connectivity index (χ0n) is 14.6. The van der Waals surface area contributed by atoms with Gasteiger partial charge in [0.1, 0.15) is 17.0 Å². The molecule has 0 aliphatic rings. The maximum Gasteiger partial charge on any atom is 0.339 e. The van der Waals surface area contributed by atoms with Gasteiger partial charge in [-0.15, -0.1) is 0 Å².